The van der Waals surface area contributed by atoms with Gasteiger partial charge in [-0.15, -0.1) is 0 Å². The highest BCUT2D eigenvalue weighted by atomic mass is 32.2. The van der Waals surface area contributed by atoms with Gasteiger partial charge in [-0.2, -0.15) is 8.42 Å². The first-order valence-electron chi connectivity index (χ1n) is 13.2. The van der Waals surface area contributed by atoms with Crippen molar-refractivity contribution in [1.29, 1.82) is 0 Å². The highest BCUT2D eigenvalue weighted by molar-refractivity contribution is 7.85. The number of allylic oxidation sites excluding steroid dienone is 2. The Morgan fingerprint density at radius 2 is 1.48 bits per heavy atom. The minimum Gasteiger partial charge on any atom is -0.282 e. The van der Waals surface area contributed by atoms with Gasteiger partial charge in [0.2, 0.25) is 0 Å². The van der Waals surface area contributed by atoms with Crippen LogP contribution in [0.5, 0.6) is 0 Å². The third kappa shape index (κ3) is 14.0. The van der Waals surface area contributed by atoms with Gasteiger partial charge in [-0.25, -0.2) is 0 Å². The number of hydrogen-bond acceptors (Lipinski definition) is 2. The Hall–Kier alpha value is -1.13. The van der Waals surface area contributed by atoms with Crippen LogP contribution in [-0.2, 0) is 16.5 Å². The lowest BCUT2D eigenvalue weighted by Gasteiger charge is -2.15. The Morgan fingerprint density at radius 3 is 2.06 bits per heavy atom. The smallest absolute Gasteiger partial charge is 0.282 e. The molecule has 0 radical (unpaired) electrons. The van der Waals surface area contributed by atoms with Crippen LogP contribution in [0.2, 0.25) is 0 Å². The van der Waals surface area contributed by atoms with Crippen LogP contribution in [0.3, 0.4) is 0 Å². The Bertz CT molecular complexity index is 808. The third-order valence-corrected chi connectivity index (χ3v) is 7.73. The Kier molecular flexibility index (Phi) is 14.2. The summed E-state index contributed by atoms with van der Waals surface area (Å²) in [4.78, 5) is 0.0488. The Morgan fingerprint density at radius 1 is 0.909 bits per heavy atom. The molecule has 0 aliphatic carbocycles. The summed E-state index contributed by atoms with van der Waals surface area (Å²) in [6.45, 7) is 13.6. The van der Waals surface area contributed by atoms with Crippen molar-refractivity contribution in [3.8, 4) is 0 Å². The van der Waals surface area contributed by atoms with Crippen molar-refractivity contribution in [2.75, 3.05) is 0 Å². The van der Waals surface area contributed by atoms with Crippen LogP contribution in [0.4, 0.5) is 0 Å². The minimum atomic E-state index is -4.16. The zero-order valence-corrected chi connectivity index (χ0v) is 23.0. The fourth-order valence-electron chi connectivity index (χ4n) is 4.61. The molecule has 0 spiro atoms. The van der Waals surface area contributed by atoms with Crippen molar-refractivity contribution in [2.24, 2.45) is 17.8 Å². The fourth-order valence-corrected chi connectivity index (χ4v) is 5.34. The van der Waals surface area contributed by atoms with Gasteiger partial charge in [-0.05, 0) is 75.3 Å². The summed E-state index contributed by atoms with van der Waals surface area (Å²) in [5.41, 5.74) is 3.16. The third-order valence-electron chi connectivity index (χ3n) is 6.78. The van der Waals surface area contributed by atoms with E-state index in [0.29, 0.717) is 12.0 Å². The van der Waals surface area contributed by atoms with Crippen molar-refractivity contribution < 1.29 is 13.0 Å². The highest BCUT2D eigenvalue weighted by Crippen LogP contribution is 2.23. The molecule has 0 aromatic heterocycles. The standard InChI is InChI=1S/C29H50O3S/c1-23(2)12-9-14-25(4)16-11-18-26(5)17-10-15-24(3)13-7-8-19-28-22-27(6)20-21-29(28)33(30,31)32/h13,20-23,25-26H,7-12,14-19H2,1-6H3,(H,30,31,32). The molecule has 0 heterocycles. The molecule has 2 unspecified atom stereocenters. The van der Waals surface area contributed by atoms with E-state index in [0.717, 1.165) is 42.6 Å². The molecule has 2 atom stereocenters. The molecule has 0 aliphatic rings. The van der Waals surface area contributed by atoms with Gasteiger partial charge >= 0.3 is 0 Å². The molecule has 1 aromatic rings. The maximum absolute atomic E-state index is 11.6. The van der Waals surface area contributed by atoms with E-state index in [1.807, 2.05) is 13.0 Å². The van der Waals surface area contributed by atoms with E-state index in [9.17, 15) is 13.0 Å². The largest absolute Gasteiger partial charge is 0.294 e. The monoisotopic (exact) mass is 478 g/mol. The quantitative estimate of drug-likeness (QED) is 0.138. The molecule has 0 bridgehead atoms. The first kappa shape index (κ1) is 29.9. The second kappa shape index (κ2) is 15.7. The van der Waals surface area contributed by atoms with Gasteiger partial charge in [0.05, 0.1) is 4.90 Å². The summed E-state index contributed by atoms with van der Waals surface area (Å²) in [5.74, 6) is 2.51. The van der Waals surface area contributed by atoms with Gasteiger partial charge in [0.15, 0.2) is 0 Å². The molecular weight excluding hydrogens is 428 g/mol. The van der Waals surface area contributed by atoms with Crippen LogP contribution >= 0.6 is 0 Å². The molecule has 33 heavy (non-hydrogen) atoms. The number of aryl methyl sites for hydroxylation is 2. The van der Waals surface area contributed by atoms with Gasteiger partial charge in [-0.1, -0.05) is 102 Å². The molecule has 0 amide bonds. The molecule has 4 heteroatoms. The maximum Gasteiger partial charge on any atom is 0.294 e. The van der Waals surface area contributed by atoms with Gasteiger partial charge in [-0.3, -0.25) is 4.55 Å². The molecule has 0 saturated carbocycles. The zero-order chi connectivity index (χ0) is 24.9. The van der Waals surface area contributed by atoms with Crippen molar-refractivity contribution in [1.82, 2.24) is 0 Å². The Labute approximate surface area is 205 Å². The molecule has 1 N–H and O–H groups in total. The van der Waals surface area contributed by atoms with E-state index >= 15 is 0 Å². The van der Waals surface area contributed by atoms with Gasteiger partial charge in [0, 0.05) is 0 Å². The van der Waals surface area contributed by atoms with Gasteiger partial charge < -0.3 is 0 Å². The summed E-state index contributed by atoms with van der Waals surface area (Å²) in [5, 5.41) is 0. The van der Waals surface area contributed by atoms with Crippen molar-refractivity contribution in [3.05, 3.63) is 41.0 Å². The fraction of sp³-hybridized carbons (Fsp3) is 0.724. The number of benzene rings is 1. The number of hydrogen-bond donors (Lipinski definition) is 1. The first-order valence-corrected chi connectivity index (χ1v) is 14.7. The molecule has 0 fully saturated rings. The summed E-state index contributed by atoms with van der Waals surface area (Å²) < 4.78 is 32.6. The molecular formula is C29H50O3S. The van der Waals surface area contributed by atoms with Crippen LogP contribution in [0.15, 0.2) is 34.7 Å². The van der Waals surface area contributed by atoms with E-state index in [4.69, 9.17) is 0 Å². The maximum atomic E-state index is 11.6. The lowest BCUT2D eigenvalue weighted by Crippen LogP contribution is -2.03. The van der Waals surface area contributed by atoms with E-state index in [1.165, 1.54) is 63.0 Å². The SMILES string of the molecule is CC(=CCCCc1cc(C)ccc1S(=O)(=O)O)CCCC(C)CCCC(C)CCCC(C)C. The summed E-state index contributed by atoms with van der Waals surface area (Å²) >= 11 is 0. The molecule has 190 valence electrons. The summed E-state index contributed by atoms with van der Waals surface area (Å²) in [6.07, 6.45) is 16.7. The van der Waals surface area contributed by atoms with Gasteiger partial charge in [0.25, 0.3) is 10.1 Å². The average molecular weight is 479 g/mol. The molecule has 0 aliphatic heterocycles. The zero-order valence-electron chi connectivity index (χ0n) is 22.2. The lowest BCUT2D eigenvalue weighted by atomic mass is 9.91. The second-order valence-electron chi connectivity index (χ2n) is 10.9. The Balaban J connectivity index is 2.23. The van der Waals surface area contributed by atoms with Crippen LogP contribution in [0.1, 0.15) is 116 Å². The predicted octanol–water partition coefficient (Wildman–Crippen LogP) is 8.95. The predicted molar refractivity (Wildman–Crippen MR) is 142 cm³/mol. The highest BCUT2D eigenvalue weighted by Gasteiger charge is 2.14. The lowest BCUT2D eigenvalue weighted by molar-refractivity contribution is 0.389. The van der Waals surface area contributed by atoms with Gasteiger partial charge in [0.1, 0.15) is 0 Å². The van der Waals surface area contributed by atoms with Crippen molar-refractivity contribution in [2.45, 2.75) is 123 Å². The normalized spacial score (nSPS) is 14.6. The van der Waals surface area contributed by atoms with Crippen molar-refractivity contribution >= 4 is 10.1 Å². The van der Waals surface area contributed by atoms with E-state index in [2.05, 4.69) is 40.7 Å². The minimum absolute atomic E-state index is 0.0488. The molecule has 1 rings (SSSR count). The second-order valence-corrected chi connectivity index (χ2v) is 12.3. The number of unbranched alkanes of at least 4 members (excludes halogenated alkanes) is 1. The van der Waals surface area contributed by atoms with E-state index < -0.39 is 10.1 Å². The summed E-state index contributed by atoms with van der Waals surface area (Å²) in [7, 11) is -4.16. The topological polar surface area (TPSA) is 54.4 Å². The van der Waals surface area contributed by atoms with Crippen molar-refractivity contribution in [3.63, 3.8) is 0 Å². The molecule has 3 nitrogen and oxygen atoms in total. The van der Waals surface area contributed by atoms with Crippen LogP contribution in [0, 0.1) is 24.7 Å². The van der Waals surface area contributed by atoms with E-state index in [-0.39, 0.29) is 4.90 Å². The average Bonchev–Trinajstić information content (AvgIpc) is 2.70. The molecule has 0 saturated heterocycles. The summed E-state index contributed by atoms with van der Waals surface area (Å²) in [6, 6.07) is 5.11. The van der Waals surface area contributed by atoms with Crippen LogP contribution < -0.4 is 0 Å². The number of rotatable bonds is 17. The first-order chi connectivity index (χ1) is 15.5. The van der Waals surface area contributed by atoms with Crippen LogP contribution in [0.25, 0.3) is 0 Å². The molecule has 1 aromatic carbocycles. The van der Waals surface area contributed by atoms with Crippen LogP contribution in [-0.4, -0.2) is 13.0 Å². The van der Waals surface area contributed by atoms with E-state index in [1.54, 1.807) is 6.07 Å².